The van der Waals surface area contributed by atoms with Gasteiger partial charge >= 0.3 is 5.97 Å². The van der Waals surface area contributed by atoms with E-state index in [9.17, 15) is 9.90 Å². The standard InChI is InChI=1S/C15H20O3/c1-7-4-5-10-8(2)6-11-13(14(16)12(7)10)9(3)15(17)18-11/h8,10-11,13-14,16H,3-6H2,1-2H3/t8-,10?,11-,13-,14-/m1/s1. The maximum Gasteiger partial charge on any atom is 0.334 e. The van der Waals surface area contributed by atoms with Gasteiger partial charge in [0.1, 0.15) is 6.10 Å². The van der Waals surface area contributed by atoms with Crippen LogP contribution in [0.2, 0.25) is 0 Å². The first kappa shape index (κ1) is 12.0. The van der Waals surface area contributed by atoms with Gasteiger partial charge in [0.15, 0.2) is 0 Å². The van der Waals surface area contributed by atoms with E-state index >= 15 is 0 Å². The van der Waals surface area contributed by atoms with E-state index in [-0.39, 0.29) is 18.0 Å². The van der Waals surface area contributed by atoms with Crippen LogP contribution in [-0.4, -0.2) is 23.3 Å². The van der Waals surface area contributed by atoms with Gasteiger partial charge in [-0.05, 0) is 43.6 Å². The van der Waals surface area contributed by atoms with Crippen LogP contribution in [0.15, 0.2) is 23.3 Å². The van der Waals surface area contributed by atoms with Crippen molar-refractivity contribution < 1.29 is 14.6 Å². The van der Waals surface area contributed by atoms with Gasteiger partial charge in [0.05, 0.1) is 12.0 Å². The maximum absolute atomic E-state index is 11.6. The summed E-state index contributed by atoms with van der Waals surface area (Å²) in [4.78, 5) is 11.6. The van der Waals surface area contributed by atoms with Crippen LogP contribution in [0.25, 0.3) is 0 Å². The number of allylic oxidation sites excluding steroid dienone is 1. The summed E-state index contributed by atoms with van der Waals surface area (Å²) in [5.74, 6) is 0.358. The average molecular weight is 248 g/mol. The van der Waals surface area contributed by atoms with E-state index in [1.165, 1.54) is 5.57 Å². The molecular weight excluding hydrogens is 228 g/mol. The van der Waals surface area contributed by atoms with Gasteiger partial charge < -0.3 is 9.84 Å². The third-order valence-corrected chi connectivity index (χ3v) is 5.00. The monoisotopic (exact) mass is 248 g/mol. The molecule has 1 unspecified atom stereocenters. The molecule has 3 nitrogen and oxygen atoms in total. The lowest BCUT2D eigenvalue weighted by Crippen LogP contribution is -2.29. The van der Waals surface area contributed by atoms with Crippen molar-refractivity contribution in [1.29, 1.82) is 0 Å². The number of carbonyl (C=O) groups is 1. The van der Waals surface area contributed by atoms with Crippen LogP contribution in [0, 0.1) is 17.8 Å². The summed E-state index contributed by atoms with van der Waals surface area (Å²) in [5.41, 5.74) is 2.91. The average Bonchev–Trinajstić information content (AvgIpc) is 2.78. The van der Waals surface area contributed by atoms with E-state index in [1.807, 2.05) is 0 Å². The Balaban J connectivity index is 2.04. The van der Waals surface area contributed by atoms with Crippen molar-refractivity contribution in [2.45, 2.75) is 45.3 Å². The molecule has 0 amide bonds. The number of rotatable bonds is 0. The quantitative estimate of drug-likeness (QED) is 0.406. The highest BCUT2D eigenvalue weighted by Crippen LogP contribution is 2.49. The molecular formula is C15H20O3. The Morgan fingerprint density at radius 3 is 2.89 bits per heavy atom. The van der Waals surface area contributed by atoms with Gasteiger partial charge in [-0.2, -0.15) is 0 Å². The summed E-state index contributed by atoms with van der Waals surface area (Å²) in [7, 11) is 0. The Morgan fingerprint density at radius 2 is 2.17 bits per heavy atom. The van der Waals surface area contributed by atoms with E-state index < -0.39 is 6.10 Å². The van der Waals surface area contributed by atoms with Gasteiger partial charge in [0, 0.05) is 5.57 Å². The first-order valence-electron chi connectivity index (χ1n) is 6.78. The Morgan fingerprint density at radius 1 is 1.44 bits per heavy atom. The predicted octanol–water partition coefficient (Wildman–Crippen LogP) is 2.21. The Kier molecular flexibility index (Phi) is 2.63. The van der Waals surface area contributed by atoms with E-state index in [0.717, 1.165) is 24.8 Å². The molecule has 1 saturated heterocycles. The van der Waals surface area contributed by atoms with Gasteiger partial charge in [0.2, 0.25) is 0 Å². The summed E-state index contributed by atoms with van der Waals surface area (Å²) >= 11 is 0. The number of hydrogen-bond donors (Lipinski definition) is 1. The molecule has 2 aliphatic carbocycles. The molecule has 1 N–H and O–H groups in total. The number of aliphatic hydroxyl groups is 1. The minimum atomic E-state index is -0.577. The largest absolute Gasteiger partial charge is 0.458 e. The Labute approximate surface area is 108 Å². The zero-order valence-electron chi connectivity index (χ0n) is 11.0. The summed E-state index contributed by atoms with van der Waals surface area (Å²) in [6.45, 7) is 8.12. The van der Waals surface area contributed by atoms with Gasteiger partial charge in [-0.1, -0.05) is 19.1 Å². The lowest BCUT2D eigenvalue weighted by Gasteiger charge is -2.23. The molecule has 2 fully saturated rings. The molecule has 3 aliphatic rings. The van der Waals surface area contributed by atoms with Crippen molar-refractivity contribution in [2.24, 2.45) is 17.8 Å². The lowest BCUT2D eigenvalue weighted by atomic mass is 9.84. The fourth-order valence-electron chi connectivity index (χ4n) is 4.01. The van der Waals surface area contributed by atoms with E-state index in [2.05, 4.69) is 20.4 Å². The highest BCUT2D eigenvalue weighted by molar-refractivity contribution is 5.91. The number of esters is 1. The van der Waals surface area contributed by atoms with Crippen LogP contribution in [0.5, 0.6) is 0 Å². The minimum Gasteiger partial charge on any atom is -0.458 e. The molecule has 1 saturated carbocycles. The van der Waals surface area contributed by atoms with Crippen LogP contribution in [-0.2, 0) is 9.53 Å². The van der Waals surface area contributed by atoms with Crippen molar-refractivity contribution in [3.05, 3.63) is 23.3 Å². The molecule has 0 aromatic carbocycles. The zero-order valence-corrected chi connectivity index (χ0v) is 11.0. The van der Waals surface area contributed by atoms with Crippen molar-refractivity contribution in [3.63, 3.8) is 0 Å². The number of carbonyl (C=O) groups excluding carboxylic acids is 1. The van der Waals surface area contributed by atoms with Crippen LogP contribution in [0.3, 0.4) is 0 Å². The molecule has 98 valence electrons. The minimum absolute atomic E-state index is 0.180. The van der Waals surface area contributed by atoms with Crippen LogP contribution >= 0.6 is 0 Å². The number of hydrogen-bond acceptors (Lipinski definition) is 3. The van der Waals surface area contributed by atoms with Crippen molar-refractivity contribution >= 4 is 5.97 Å². The maximum atomic E-state index is 11.6. The van der Waals surface area contributed by atoms with E-state index in [4.69, 9.17) is 4.74 Å². The molecule has 3 rings (SSSR count). The van der Waals surface area contributed by atoms with Crippen LogP contribution in [0.1, 0.15) is 33.1 Å². The first-order chi connectivity index (χ1) is 8.50. The third-order valence-electron chi connectivity index (χ3n) is 5.00. The smallest absolute Gasteiger partial charge is 0.334 e. The molecule has 0 aromatic rings. The molecule has 18 heavy (non-hydrogen) atoms. The second-order valence-electron chi connectivity index (χ2n) is 6.03. The highest BCUT2D eigenvalue weighted by Gasteiger charge is 2.50. The van der Waals surface area contributed by atoms with Gasteiger partial charge in [-0.3, -0.25) is 0 Å². The normalized spacial score (nSPS) is 43.6. The number of aliphatic hydroxyl groups excluding tert-OH is 1. The van der Waals surface area contributed by atoms with Crippen molar-refractivity contribution in [3.8, 4) is 0 Å². The van der Waals surface area contributed by atoms with Gasteiger partial charge in [-0.25, -0.2) is 4.79 Å². The third kappa shape index (κ3) is 1.50. The SMILES string of the molecule is C=C1C(=O)O[C@@H]2C[C@@H](C)C3CCC(C)=C3[C@@H](O)[C@H]12. The van der Waals surface area contributed by atoms with E-state index in [1.54, 1.807) is 0 Å². The summed E-state index contributed by atoms with van der Waals surface area (Å²) in [6, 6.07) is 0. The Hall–Kier alpha value is -1.09. The number of ether oxygens (including phenoxy) is 1. The molecule has 0 spiro atoms. The fraction of sp³-hybridized carbons (Fsp3) is 0.667. The van der Waals surface area contributed by atoms with Crippen LogP contribution < -0.4 is 0 Å². The summed E-state index contributed by atoms with van der Waals surface area (Å²) in [5, 5.41) is 10.7. The molecule has 1 heterocycles. The van der Waals surface area contributed by atoms with E-state index in [0.29, 0.717) is 17.4 Å². The van der Waals surface area contributed by atoms with Crippen molar-refractivity contribution in [1.82, 2.24) is 0 Å². The molecule has 0 aromatic heterocycles. The number of fused-ring (bicyclic) bond motifs is 2. The fourth-order valence-corrected chi connectivity index (χ4v) is 4.01. The second-order valence-corrected chi connectivity index (χ2v) is 6.03. The summed E-state index contributed by atoms with van der Waals surface area (Å²) < 4.78 is 5.38. The first-order valence-corrected chi connectivity index (χ1v) is 6.78. The molecule has 0 bridgehead atoms. The topological polar surface area (TPSA) is 46.5 Å². The van der Waals surface area contributed by atoms with Crippen molar-refractivity contribution in [2.75, 3.05) is 0 Å². The molecule has 3 heteroatoms. The molecule has 1 aliphatic heterocycles. The predicted molar refractivity (Wildman–Crippen MR) is 67.7 cm³/mol. The molecule has 0 radical (unpaired) electrons. The second kappa shape index (κ2) is 3.95. The Bertz CT molecular complexity index is 449. The summed E-state index contributed by atoms with van der Waals surface area (Å²) in [6.07, 6.45) is 2.28. The zero-order chi connectivity index (χ0) is 13.0. The molecule has 5 atom stereocenters. The lowest BCUT2D eigenvalue weighted by molar-refractivity contribution is -0.139. The van der Waals surface area contributed by atoms with Gasteiger partial charge in [-0.15, -0.1) is 0 Å². The van der Waals surface area contributed by atoms with Gasteiger partial charge in [0.25, 0.3) is 0 Å². The van der Waals surface area contributed by atoms with Crippen LogP contribution in [0.4, 0.5) is 0 Å². The highest BCUT2D eigenvalue weighted by atomic mass is 16.6.